The molecule has 0 aliphatic carbocycles. The van der Waals surface area contributed by atoms with Crippen molar-refractivity contribution in [2.75, 3.05) is 21.1 Å². The molecule has 0 bridgehead atoms. The quantitative estimate of drug-likeness (QED) is 0.311. The molecule has 1 rings (SSSR count). The Balaban J connectivity index is -0.00000000951. The van der Waals surface area contributed by atoms with Gasteiger partial charge in [0.2, 0.25) is 0 Å². The van der Waals surface area contributed by atoms with Crippen molar-refractivity contribution in [3.63, 3.8) is 0 Å². The fraction of sp³-hybridized carbons (Fsp3) is 0.750. The first-order valence-corrected chi connectivity index (χ1v) is 10.2. The van der Waals surface area contributed by atoms with Gasteiger partial charge in [0.1, 0.15) is 0 Å². The van der Waals surface area contributed by atoms with E-state index in [2.05, 4.69) is 53.2 Å². The number of rotatable bonds is 4. The van der Waals surface area contributed by atoms with Gasteiger partial charge in [0.05, 0.1) is 4.38 Å². The van der Waals surface area contributed by atoms with Crippen LogP contribution < -0.4 is 0 Å². The molecule has 12 radical (unpaired) electrons. The molecule has 6 atom stereocenters. The second kappa shape index (κ2) is 77.2. The van der Waals surface area contributed by atoms with E-state index in [-0.39, 0.29) is 419 Å². The largest absolute Gasteiger partial charge is 3.00 e. The number of hydrogen-bond donors (Lipinski definition) is 0. The van der Waals surface area contributed by atoms with Gasteiger partial charge in [0.15, 0.2) is 0 Å². The maximum absolute atomic E-state index is 7.44. The van der Waals surface area contributed by atoms with E-state index in [0.717, 1.165) is 47.4 Å². The van der Waals surface area contributed by atoms with E-state index in [1.165, 1.54) is 0 Å². The molecule has 6 unspecified atom stereocenters. The summed E-state index contributed by atoms with van der Waals surface area (Å²) in [5.41, 5.74) is 0. The Morgan fingerprint density at radius 1 is 0.697 bits per heavy atom. The number of nitrogens with zero attached hydrogens (tertiary/aromatic N) is 5. The third-order valence-electron chi connectivity index (χ3n) is 1.36. The van der Waals surface area contributed by atoms with Crippen LogP contribution in [-0.2, 0) is 413 Å². The summed E-state index contributed by atoms with van der Waals surface area (Å²) in [4.78, 5) is 0. The molecule has 0 amide bonds. The summed E-state index contributed by atoms with van der Waals surface area (Å²) in [6.45, 7) is 3.11. The second-order valence-corrected chi connectivity index (χ2v) is 16.2. The zero-order chi connectivity index (χ0) is 15.5. The van der Waals surface area contributed by atoms with Crippen LogP contribution in [-0.4, -0.2) is 51.3 Å². The summed E-state index contributed by atoms with van der Waals surface area (Å²) in [7, 11) is 15.9. The van der Waals surface area contributed by atoms with Crippen molar-refractivity contribution < 1.29 is 413 Å². The predicted octanol–water partition coefficient (Wildman–Crippen LogP) is 4.34. The van der Waals surface area contributed by atoms with Crippen LogP contribution in [0.3, 0.4) is 0 Å². The van der Waals surface area contributed by atoms with Crippen LogP contribution >= 0.6 is 53.7 Å². The van der Waals surface area contributed by atoms with Gasteiger partial charge in [-0.25, -0.2) is 12.4 Å². The van der Waals surface area contributed by atoms with Gasteiger partial charge >= 0.3 is 20.1 Å². The molecule has 0 spiro atoms. The SMILES string of the molecule is CC=[N-].CC=[N-].CN(P)PC1(PN(C)P)PN(C)P1.[Ir+3].[NH2-].[Y].[Y].[Y].[Y].[Y].[Y].[Y].[Y].[Y].[Y].[Y].[Y]. The van der Waals surface area contributed by atoms with Crippen molar-refractivity contribution in [1.29, 1.82) is 0 Å². The minimum absolute atomic E-state index is 0. The van der Waals surface area contributed by atoms with Crippen LogP contribution in [0.5, 0.6) is 0 Å². The Bertz CT molecular complexity index is 267. The average molecular weight is 1650 g/mol. The van der Waals surface area contributed by atoms with E-state index >= 15 is 0 Å². The van der Waals surface area contributed by atoms with Crippen molar-refractivity contribution in [3.8, 4) is 0 Å². The third kappa shape index (κ3) is 78.1. The van der Waals surface area contributed by atoms with Gasteiger partial charge in [-0.05, 0) is 56.1 Å². The van der Waals surface area contributed by atoms with Gasteiger partial charge in [0, 0.05) is 393 Å². The van der Waals surface area contributed by atoms with E-state index in [1.54, 1.807) is 13.8 Å². The summed E-state index contributed by atoms with van der Waals surface area (Å²) >= 11 is 0. The predicted molar refractivity (Wildman–Crippen MR) is 114 cm³/mol. The minimum Gasteiger partial charge on any atom is -0.814 e. The Hall–Kier alpha value is 15.7. The van der Waals surface area contributed by atoms with Gasteiger partial charge in [-0.15, -0.1) is 0 Å². The third-order valence-corrected chi connectivity index (χ3v) is 9.55. The number of nitrogens with two attached hydrogens (primary N) is 1. The topological polar surface area (TPSA) is 87.8 Å². The summed E-state index contributed by atoms with van der Waals surface area (Å²) in [5, 5.41) is 14.9. The first kappa shape index (κ1) is 104. The van der Waals surface area contributed by atoms with Gasteiger partial charge in [-0.2, -0.15) is 0 Å². The van der Waals surface area contributed by atoms with E-state index in [0.29, 0.717) is 4.38 Å². The van der Waals surface area contributed by atoms with E-state index < -0.39 is 0 Å². The van der Waals surface area contributed by atoms with Crippen molar-refractivity contribution in [1.82, 2.24) is 13.3 Å². The molecule has 0 aromatic heterocycles. The zero-order valence-electron chi connectivity index (χ0n) is 19.9. The molecule has 0 aromatic rings. The van der Waals surface area contributed by atoms with Gasteiger partial charge in [-0.3, -0.25) is 13.3 Å². The fourth-order valence-electron chi connectivity index (χ4n) is 1.16. The van der Waals surface area contributed by atoms with E-state index in [1.807, 2.05) is 0 Å². The Morgan fingerprint density at radius 3 is 0.939 bits per heavy atom. The Kier molecular flexibility index (Phi) is 242. The van der Waals surface area contributed by atoms with Crippen LogP contribution in [0.4, 0.5) is 0 Å². The minimum atomic E-state index is 0. The molecule has 33 heavy (non-hydrogen) atoms. The maximum Gasteiger partial charge on any atom is 3.00 e. The van der Waals surface area contributed by atoms with Crippen molar-refractivity contribution >= 4 is 66.1 Å². The van der Waals surface area contributed by atoms with Gasteiger partial charge in [-0.1, -0.05) is 32.6 Å². The number of hydrogen-bond acceptors (Lipinski definition) is 3. The van der Waals surface area contributed by atoms with E-state index in [4.69, 9.17) is 10.8 Å². The smallest absolute Gasteiger partial charge is 0.814 e. The van der Waals surface area contributed by atoms with Crippen LogP contribution in [0.25, 0.3) is 17.0 Å². The molecule has 1 saturated heterocycles. The Morgan fingerprint density at radius 2 is 0.848 bits per heavy atom. The monoisotopic (exact) mass is 1650 g/mol. The molecule has 1 aliphatic rings. The normalized spacial score (nSPS) is 14.7. The first-order valence-electron chi connectivity index (χ1n) is 5.42. The van der Waals surface area contributed by atoms with Crippen molar-refractivity contribution in [2.24, 2.45) is 0 Å². The average Bonchev–Trinajstić information content (AvgIpc) is 2.15. The first-order chi connectivity index (χ1) is 8.76. The second-order valence-electron chi connectivity index (χ2n) is 3.49. The van der Waals surface area contributed by atoms with Crippen LogP contribution in [0.15, 0.2) is 0 Å². The molecule has 1 aliphatic heterocycles. The fourth-order valence-corrected chi connectivity index (χ4v) is 15.9. The zero-order valence-corrected chi connectivity index (χ0v) is 62.6. The molecule has 164 valence electrons. The maximum atomic E-state index is 7.44. The molecule has 6 nitrogen and oxygen atoms in total. The Labute approximate surface area is 532 Å². The molecular formula is C8H27IrN6P6Y12. The molecule has 1 fully saturated rings. The summed E-state index contributed by atoms with van der Waals surface area (Å²) in [6.07, 6.45) is 2.00. The molecule has 1 heterocycles. The molecular weight excluding hydrogens is 1630 g/mol. The molecule has 2 N–H and O–H groups in total. The summed E-state index contributed by atoms with van der Waals surface area (Å²) in [6, 6.07) is 0. The molecule has 0 aromatic carbocycles. The summed E-state index contributed by atoms with van der Waals surface area (Å²) < 4.78 is 7.55. The van der Waals surface area contributed by atoms with E-state index in [9.17, 15) is 0 Å². The van der Waals surface area contributed by atoms with Gasteiger partial charge < -0.3 is 17.0 Å². The van der Waals surface area contributed by atoms with Gasteiger partial charge in [0.25, 0.3) is 0 Å². The van der Waals surface area contributed by atoms with Crippen molar-refractivity contribution in [3.05, 3.63) is 17.0 Å². The standard InChI is InChI=1S/C4H17N3P6.2C2H4N.Ir.H2N.12Y/c1-5(8)10-4(11-6(2)9)12-7(3)13-4;2*1-2-3;;;;;;;;;;;;;;/h10-13H,8-9H2,1-3H3;2*2H,1H3;;1H2;;;;;;;;;;;;/q;2*-1;+3;-1;;;;;;;;;;;;. The van der Waals surface area contributed by atoms with Crippen LogP contribution in [0, 0.1) is 0 Å². The molecule has 25 heteroatoms. The van der Waals surface area contributed by atoms with Crippen LogP contribution in [0.2, 0.25) is 0 Å². The van der Waals surface area contributed by atoms with Crippen molar-refractivity contribution in [2.45, 2.75) is 18.2 Å². The summed E-state index contributed by atoms with van der Waals surface area (Å²) in [5.74, 6) is 0. The van der Waals surface area contributed by atoms with Crippen LogP contribution in [0.1, 0.15) is 13.8 Å². The molecule has 0 saturated carbocycles.